The van der Waals surface area contributed by atoms with Gasteiger partial charge in [-0.05, 0) is 37.1 Å². The number of likely N-dealkylation sites (tertiary alicyclic amines) is 1. The Morgan fingerprint density at radius 3 is 2.48 bits per heavy atom. The number of carbonyl (C=O) groups is 2. The Hall–Kier alpha value is -3.85. The molecule has 0 atom stereocenters. The first-order valence-electron chi connectivity index (χ1n) is 10.8. The topological polar surface area (TPSA) is 109 Å². The fraction of sp³-hybridized carbons (Fsp3) is 0.292. The van der Waals surface area contributed by atoms with E-state index >= 15 is 0 Å². The van der Waals surface area contributed by atoms with Crippen LogP contribution in [0.3, 0.4) is 0 Å². The van der Waals surface area contributed by atoms with E-state index in [2.05, 4.69) is 30.5 Å². The van der Waals surface area contributed by atoms with E-state index in [4.69, 9.17) is 4.74 Å². The highest BCUT2D eigenvalue weighted by atomic mass is 16.5. The van der Waals surface area contributed by atoms with Gasteiger partial charge in [0.05, 0.1) is 18.4 Å². The molecule has 170 valence electrons. The van der Waals surface area contributed by atoms with E-state index in [-0.39, 0.29) is 23.5 Å². The lowest BCUT2D eigenvalue weighted by molar-refractivity contribution is 0.0904. The summed E-state index contributed by atoms with van der Waals surface area (Å²) in [5, 5.41) is 5.72. The monoisotopic (exact) mass is 446 g/mol. The van der Waals surface area contributed by atoms with Gasteiger partial charge < -0.3 is 15.4 Å². The molecule has 1 saturated heterocycles. The maximum absolute atomic E-state index is 12.9. The molecule has 0 spiro atoms. The van der Waals surface area contributed by atoms with E-state index in [1.807, 2.05) is 18.2 Å². The molecular weight excluding hydrogens is 420 g/mol. The smallest absolute Gasteiger partial charge is 0.273 e. The number of amides is 2. The summed E-state index contributed by atoms with van der Waals surface area (Å²) >= 11 is 0. The number of piperidine rings is 1. The number of hydrogen-bond acceptors (Lipinski definition) is 7. The van der Waals surface area contributed by atoms with Crippen molar-refractivity contribution in [3.8, 4) is 5.75 Å². The zero-order chi connectivity index (χ0) is 23.0. The second-order valence-corrected chi connectivity index (χ2v) is 7.75. The zero-order valence-electron chi connectivity index (χ0n) is 18.4. The quantitative estimate of drug-likeness (QED) is 0.574. The third-order valence-corrected chi connectivity index (χ3v) is 5.53. The summed E-state index contributed by atoms with van der Waals surface area (Å²) in [5.41, 5.74) is 1.46. The fourth-order valence-electron chi connectivity index (χ4n) is 3.81. The third-order valence-electron chi connectivity index (χ3n) is 5.53. The maximum Gasteiger partial charge on any atom is 0.273 e. The van der Waals surface area contributed by atoms with E-state index < -0.39 is 5.91 Å². The Morgan fingerprint density at radius 2 is 1.73 bits per heavy atom. The second-order valence-electron chi connectivity index (χ2n) is 7.75. The van der Waals surface area contributed by atoms with Gasteiger partial charge in [-0.25, -0.2) is 9.97 Å². The van der Waals surface area contributed by atoms with Crippen LogP contribution in [0.25, 0.3) is 0 Å². The molecule has 1 aliphatic rings. The number of hydrogen-bond donors (Lipinski definition) is 2. The molecule has 1 aliphatic heterocycles. The minimum atomic E-state index is -0.426. The van der Waals surface area contributed by atoms with Crippen LogP contribution in [0, 0.1) is 0 Å². The van der Waals surface area contributed by atoms with Crippen molar-refractivity contribution in [2.75, 3.05) is 25.5 Å². The largest absolute Gasteiger partial charge is 0.496 e. The molecule has 9 nitrogen and oxygen atoms in total. The highest BCUT2D eigenvalue weighted by molar-refractivity contribution is 6.08. The lowest BCUT2D eigenvalue weighted by Crippen LogP contribution is -2.44. The van der Waals surface area contributed by atoms with Gasteiger partial charge in [0.25, 0.3) is 11.8 Å². The van der Waals surface area contributed by atoms with Crippen LogP contribution in [-0.2, 0) is 6.54 Å². The number of ether oxygens (including phenoxy) is 1. The summed E-state index contributed by atoms with van der Waals surface area (Å²) in [4.78, 5) is 40.7. The van der Waals surface area contributed by atoms with E-state index in [9.17, 15) is 9.59 Å². The van der Waals surface area contributed by atoms with Crippen molar-refractivity contribution < 1.29 is 14.3 Å². The van der Waals surface area contributed by atoms with Crippen molar-refractivity contribution in [2.45, 2.75) is 25.4 Å². The first-order chi connectivity index (χ1) is 16.1. The van der Waals surface area contributed by atoms with Gasteiger partial charge in [0, 0.05) is 44.3 Å². The first-order valence-corrected chi connectivity index (χ1v) is 10.8. The van der Waals surface area contributed by atoms with Crippen molar-refractivity contribution in [1.29, 1.82) is 0 Å². The molecule has 1 aromatic carbocycles. The Kier molecular flexibility index (Phi) is 7.21. The van der Waals surface area contributed by atoms with Crippen LogP contribution in [0.2, 0.25) is 0 Å². The molecule has 4 rings (SSSR count). The highest BCUT2D eigenvalue weighted by Crippen LogP contribution is 2.20. The molecule has 0 radical (unpaired) electrons. The van der Waals surface area contributed by atoms with Gasteiger partial charge in [0.15, 0.2) is 11.5 Å². The molecule has 9 heteroatoms. The predicted octanol–water partition coefficient (Wildman–Crippen LogP) is 2.53. The van der Waals surface area contributed by atoms with Crippen LogP contribution in [-0.4, -0.2) is 57.9 Å². The van der Waals surface area contributed by atoms with Crippen LogP contribution in [0.4, 0.5) is 5.82 Å². The number of nitrogens with zero attached hydrogens (tertiary/aromatic N) is 4. The lowest BCUT2D eigenvalue weighted by Gasteiger charge is -2.32. The van der Waals surface area contributed by atoms with E-state index in [0.717, 1.165) is 38.2 Å². The van der Waals surface area contributed by atoms with E-state index in [1.54, 1.807) is 30.5 Å². The molecule has 0 bridgehead atoms. The average Bonchev–Trinajstić information content (AvgIpc) is 2.86. The summed E-state index contributed by atoms with van der Waals surface area (Å²) in [7, 11) is 1.50. The van der Waals surface area contributed by atoms with Crippen LogP contribution in [0.15, 0.2) is 61.1 Å². The molecular formula is C24H26N6O3. The van der Waals surface area contributed by atoms with Crippen molar-refractivity contribution in [1.82, 2.24) is 25.2 Å². The summed E-state index contributed by atoms with van der Waals surface area (Å²) in [6.07, 6.45) is 6.31. The van der Waals surface area contributed by atoms with Gasteiger partial charge in [0.2, 0.25) is 0 Å². The average molecular weight is 447 g/mol. The van der Waals surface area contributed by atoms with Crippen molar-refractivity contribution in [2.24, 2.45) is 0 Å². The molecule has 2 N–H and O–H groups in total. The normalized spacial score (nSPS) is 14.5. The minimum Gasteiger partial charge on any atom is -0.496 e. The molecule has 2 amide bonds. The molecule has 0 unspecified atom stereocenters. The second kappa shape index (κ2) is 10.6. The molecule has 0 aliphatic carbocycles. The highest BCUT2D eigenvalue weighted by Gasteiger charge is 2.24. The number of benzene rings is 1. The minimum absolute atomic E-state index is 0.0252. The zero-order valence-corrected chi connectivity index (χ0v) is 18.4. The summed E-state index contributed by atoms with van der Waals surface area (Å²) in [6, 6.07) is 12.8. The number of aromatic nitrogens is 3. The molecule has 2 aromatic heterocycles. The Morgan fingerprint density at radius 1 is 0.970 bits per heavy atom. The molecule has 3 heterocycles. The molecule has 1 fully saturated rings. The summed E-state index contributed by atoms with van der Waals surface area (Å²) in [6.45, 7) is 2.52. The Balaban J connectivity index is 1.36. The number of nitrogens with one attached hydrogen (secondary N) is 2. The Bertz CT molecular complexity index is 1100. The fourth-order valence-corrected chi connectivity index (χ4v) is 3.81. The SMILES string of the molecule is COc1ccccc1C(=O)Nc1nccnc1C(=O)NC1CCN(Cc2ccccn2)CC1. The van der Waals surface area contributed by atoms with Gasteiger partial charge in [0.1, 0.15) is 5.75 Å². The number of para-hydroxylation sites is 1. The van der Waals surface area contributed by atoms with Gasteiger partial charge in [-0.2, -0.15) is 0 Å². The number of anilines is 1. The van der Waals surface area contributed by atoms with Crippen molar-refractivity contribution in [3.63, 3.8) is 0 Å². The molecule has 33 heavy (non-hydrogen) atoms. The third kappa shape index (κ3) is 5.69. The van der Waals surface area contributed by atoms with Crippen LogP contribution < -0.4 is 15.4 Å². The van der Waals surface area contributed by atoms with Crippen molar-refractivity contribution in [3.05, 3.63) is 78.0 Å². The maximum atomic E-state index is 12.9. The number of rotatable bonds is 7. The van der Waals surface area contributed by atoms with Gasteiger partial charge in [-0.15, -0.1) is 0 Å². The van der Waals surface area contributed by atoms with Gasteiger partial charge >= 0.3 is 0 Å². The summed E-state index contributed by atoms with van der Waals surface area (Å²) < 4.78 is 5.24. The molecule has 3 aromatic rings. The van der Waals surface area contributed by atoms with Crippen LogP contribution >= 0.6 is 0 Å². The van der Waals surface area contributed by atoms with Crippen LogP contribution in [0.1, 0.15) is 39.4 Å². The number of carbonyl (C=O) groups excluding carboxylic acids is 2. The van der Waals surface area contributed by atoms with Gasteiger partial charge in [-0.3, -0.25) is 19.5 Å². The first kappa shape index (κ1) is 22.3. The predicted molar refractivity (Wildman–Crippen MR) is 123 cm³/mol. The molecule has 0 saturated carbocycles. The van der Waals surface area contributed by atoms with E-state index in [1.165, 1.54) is 19.5 Å². The Labute approximate surface area is 192 Å². The van der Waals surface area contributed by atoms with E-state index in [0.29, 0.717) is 11.3 Å². The van der Waals surface area contributed by atoms with Crippen molar-refractivity contribution >= 4 is 17.6 Å². The standard InChI is InChI=1S/C24H26N6O3/c1-33-20-8-3-2-7-19(20)23(31)29-22-21(26-12-13-27-22)24(32)28-17-9-14-30(15-10-17)16-18-6-4-5-11-25-18/h2-8,11-13,17H,9-10,14-16H2,1H3,(H,28,32)(H,27,29,31). The lowest BCUT2D eigenvalue weighted by atomic mass is 10.0. The number of pyridine rings is 1. The van der Waals surface area contributed by atoms with Crippen LogP contribution in [0.5, 0.6) is 5.75 Å². The summed E-state index contributed by atoms with van der Waals surface area (Å²) in [5.74, 6) is -0.243. The number of methoxy groups -OCH3 is 1. The van der Waals surface area contributed by atoms with Gasteiger partial charge in [-0.1, -0.05) is 18.2 Å².